The zero-order chi connectivity index (χ0) is 25.1. The number of imidazole rings is 1. The van der Waals surface area contributed by atoms with Gasteiger partial charge in [-0.25, -0.2) is 4.79 Å². The zero-order valence-corrected chi connectivity index (χ0v) is 20.4. The third-order valence-corrected chi connectivity index (χ3v) is 6.27. The van der Waals surface area contributed by atoms with Crippen LogP contribution in [0.5, 0.6) is 5.75 Å². The monoisotopic (exact) mass is 484 g/mol. The third kappa shape index (κ3) is 4.82. The van der Waals surface area contributed by atoms with E-state index >= 15 is 0 Å². The summed E-state index contributed by atoms with van der Waals surface area (Å²) in [6.07, 6.45) is 0.743. The highest BCUT2D eigenvalue weighted by Crippen LogP contribution is 2.25. The van der Waals surface area contributed by atoms with Crippen LogP contribution in [0.3, 0.4) is 0 Å². The number of aliphatic hydroxyl groups excluding tert-OH is 1. The molecule has 0 spiro atoms. The van der Waals surface area contributed by atoms with Crippen molar-refractivity contribution in [2.24, 2.45) is 14.1 Å². The van der Waals surface area contributed by atoms with Gasteiger partial charge in [-0.2, -0.15) is 4.98 Å². The van der Waals surface area contributed by atoms with Gasteiger partial charge in [0.15, 0.2) is 11.2 Å². The lowest BCUT2D eigenvalue weighted by Crippen LogP contribution is -2.47. The molecule has 4 rings (SSSR count). The molecule has 11 nitrogen and oxygen atoms in total. The van der Waals surface area contributed by atoms with E-state index in [9.17, 15) is 14.7 Å². The van der Waals surface area contributed by atoms with Gasteiger partial charge in [-0.3, -0.25) is 13.9 Å². The Morgan fingerprint density at radius 2 is 1.74 bits per heavy atom. The Morgan fingerprint density at radius 1 is 1.09 bits per heavy atom. The minimum atomic E-state index is -0.867. The van der Waals surface area contributed by atoms with Crippen LogP contribution in [0.2, 0.25) is 0 Å². The Balaban J connectivity index is 1.65. The SMILES string of the molecule is C=CCOCC(O)Cn1c(N2CCN(c3ccc(OC)cc3)CC2)nc2c1c(=O)n(C)c(=O)n2C. The molecule has 1 atom stereocenters. The van der Waals surface area contributed by atoms with E-state index in [4.69, 9.17) is 14.5 Å². The Bertz CT molecular complexity index is 1300. The number of aromatic nitrogens is 4. The number of ether oxygens (including phenoxy) is 2. The second-order valence-electron chi connectivity index (χ2n) is 8.55. The maximum Gasteiger partial charge on any atom is 0.332 e. The molecule has 1 unspecified atom stereocenters. The Labute approximate surface area is 203 Å². The molecule has 3 heterocycles. The molecule has 0 saturated carbocycles. The first-order valence-corrected chi connectivity index (χ1v) is 11.5. The number of rotatable bonds is 9. The highest BCUT2D eigenvalue weighted by atomic mass is 16.5. The van der Waals surface area contributed by atoms with Gasteiger partial charge < -0.3 is 28.9 Å². The second kappa shape index (κ2) is 10.4. The molecule has 1 aliphatic heterocycles. The molecular weight excluding hydrogens is 452 g/mol. The summed E-state index contributed by atoms with van der Waals surface area (Å²) < 4.78 is 14.8. The van der Waals surface area contributed by atoms with E-state index in [1.54, 1.807) is 24.8 Å². The van der Waals surface area contributed by atoms with Gasteiger partial charge in [0.05, 0.1) is 33.0 Å². The number of hydrogen-bond acceptors (Lipinski definition) is 8. The van der Waals surface area contributed by atoms with Gasteiger partial charge in [0, 0.05) is 46.0 Å². The molecule has 2 aromatic heterocycles. The van der Waals surface area contributed by atoms with Gasteiger partial charge in [0.25, 0.3) is 5.56 Å². The average molecular weight is 485 g/mol. The Hall–Kier alpha value is -3.57. The van der Waals surface area contributed by atoms with Crippen LogP contribution in [0, 0.1) is 0 Å². The first-order valence-electron chi connectivity index (χ1n) is 11.5. The van der Waals surface area contributed by atoms with Gasteiger partial charge >= 0.3 is 5.69 Å². The number of hydrogen-bond donors (Lipinski definition) is 1. The highest BCUT2D eigenvalue weighted by Gasteiger charge is 2.27. The fourth-order valence-corrected chi connectivity index (χ4v) is 4.36. The van der Waals surface area contributed by atoms with Crippen molar-refractivity contribution in [3.63, 3.8) is 0 Å². The van der Waals surface area contributed by atoms with E-state index in [1.807, 2.05) is 24.3 Å². The normalized spacial score (nSPS) is 15.0. The van der Waals surface area contributed by atoms with E-state index in [2.05, 4.69) is 16.4 Å². The van der Waals surface area contributed by atoms with Gasteiger partial charge in [0.2, 0.25) is 5.95 Å². The van der Waals surface area contributed by atoms with Crippen molar-refractivity contribution in [2.75, 3.05) is 56.3 Å². The number of aliphatic hydroxyl groups is 1. The van der Waals surface area contributed by atoms with Crippen LogP contribution in [0.25, 0.3) is 11.2 Å². The lowest BCUT2D eigenvalue weighted by Gasteiger charge is -2.37. The van der Waals surface area contributed by atoms with Crippen LogP contribution >= 0.6 is 0 Å². The summed E-state index contributed by atoms with van der Waals surface area (Å²) in [6.45, 7) is 6.93. The second-order valence-corrected chi connectivity index (χ2v) is 8.55. The molecule has 1 aliphatic rings. The van der Waals surface area contributed by atoms with Crippen LogP contribution in [-0.2, 0) is 25.4 Å². The maximum atomic E-state index is 13.1. The minimum Gasteiger partial charge on any atom is -0.497 e. The molecule has 1 N–H and O–H groups in total. The molecule has 1 aromatic carbocycles. The number of methoxy groups -OCH3 is 1. The van der Waals surface area contributed by atoms with E-state index in [1.165, 1.54) is 11.6 Å². The maximum absolute atomic E-state index is 13.1. The van der Waals surface area contributed by atoms with E-state index in [0.29, 0.717) is 31.3 Å². The van der Waals surface area contributed by atoms with Crippen molar-refractivity contribution < 1.29 is 14.6 Å². The van der Waals surface area contributed by atoms with E-state index in [0.717, 1.165) is 29.1 Å². The number of benzene rings is 1. The number of piperazine rings is 1. The molecule has 0 aliphatic carbocycles. The third-order valence-electron chi connectivity index (χ3n) is 6.27. The summed E-state index contributed by atoms with van der Waals surface area (Å²) in [7, 11) is 4.68. The standard InChI is InChI=1S/C24H32N6O5/c1-5-14-35-16-18(31)15-30-20-21(26(2)24(33)27(3)22(20)32)25-23(30)29-12-10-28(11-13-29)17-6-8-19(34-4)9-7-17/h5-9,18,31H,1,10-16H2,2-4H3. The van der Waals surface area contributed by atoms with Gasteiger partial charge in [-0.15, -0.1) is 6.58 Å². The van der Waals surface area contributed by atoms with E-state index in [-0.39, 0.29) is 18.7 Å². The van der Waals surface area contributed by atoms with Gasteiger partial charge in [-0.05, 0) is 24.3 Å². The summed E-state index contributed by atoms with van der Waals surface area (Å²) in [4.78, 5) is 34.6. The summed E-state index contributed by atoms with van der Waals surface area (Å²) in [6, 6.07) is 7.94. The van der Waals surface area contributed by atoms with Crippen LogP contribution in [0.4, 0.5) is 11.6 Å². The molecular formula is C24H32N6O5. The zero-order valence-electron chi connectivity index (χ0n) is 20.4. The summed E-state index contributed by atoms with van der Waals surface area (Å²) in [5.74, 6) is 1.36. The predicted octanol–water partition coefficient (Wildman–Crippen LogP) is 0.332. The van der Waals surface area contributed by atoms with Crippen LogP contribution in [-0.4, -0.2) is 76.4 Å². The molecule has 11 heteroatoms. The molecule has 0 radical (unpaired) electrons. The molecule has 188 valence electrons. The van der Waals surface area contributed by atoms with Crippen molar-refractivity contribution in [1.29, 1.82) is 0 Å². The van der Waals surface area contributed by atoms with Crippen molar-refractivity contribution in [3.8, 4) is 5.75 Å². The molecule has 3 aromatic rings. The highest BCUT2D eigenvalue weighted by molar-refractivity contribution is 5.74. The lowest BCUT2D eigenvalue weighted by molar-refractivity contribution is 0.0404. The molecule has 1 saturated heterocycles. The van der Waals surface area contributed by atoms with Crippen LogP contribution in [0.15, 0.2) is 46.5 Å². The number of fused-ring (bicyclic) bond motifs is 1. The fraction of sp³-hybridized carbons (Fsp3) is 0.458. The van der Waals surface area contributed by atoms with Crippen molar-refractivity contribution in [3.05, 3.63) is 57.8 Å². The van der Waals surface area contributed by atoms with Crippen LogP contribution < -0.4 is 25.8 Å². The Morgan fingerprint density at radius 3 is 2.37 bits per heavy atom. The molecule has 1 fully saturated rings. The summed E-state index contributed by atoms with van der Waals surface area (Å²) >= 11 is 0. The number of nitrogens with zero attached hydrogens (tertiary/aromatic N) is 6. The summed E-state index contributed by atoms with van der Waals surface area (Å²) in [5.41, 5.74) is 0.788. The number of anilines is 2. The number of aryl methyl sites for hydroxylation is 1. The van der Waals surface area contributed by atoms with Crippen molar-refractivity contribution >= 4 is 22.8 Å². The average Bonchev–Trinajstić information content (AvgIpc) is 3.25. The Kier molecular flexibility index (Phi) is 7.27. The van der Waals surface area contributed by atoms with Crippen molar-refractivity contribution in [2.45, 2.75) is 12.6 Å². The quantitative estimate of drug-likeness (QED) is 0.342. The molecule has 35 heavy (non-hydrogen) atoms. The first kappa shape index (κ1) is 24.6. The van der Waals surface area contributed by atoms with Crippen LogP contribution in [0.1, 0.15) is 0 Å². The first-order chi connectivity index (χ1) is 16.8. The smallest absolute Gasteiger partial charge is 0.332 e. The minimum absolute atomic E-state index is 0.0858. The van der Waals surface area contributed by atoms with E-state index < -0.39 is 17.4 Å². The van der Waals surface area contributed by atoms with Gasteiger partial charge in [-0.1, -0.05) is 6.08 Å². The molecule has 0 bridgehead atoms. The summed E-state index contributed by atoms with van der Waals surface area (Å²) in [5, 5.41) is 10.6. The lowest BCUT2D eigenvalue weighted by atomic mass is 10.2. The van der Waals surface area contributed by atoms with Crippen molar-refractivity contribution in [1.82, 2.24) is 18.7 Å². The molecule has 0 amide bonds. The topological polar surface area (TPSA) is 107 Å². The largest absolute Gasteiger partial charge is 0.497 e. The van der Waals surface area contributed by atoms with Gasteiger partial charge in [0.1, 0.15) is 5.75 Å². The fourth-order valence-electron chi connectivity index (χ4n) is 4.36. The predicted molar refractivity (Wildman–Crippen MR) is 135 cm³/mol.